The Balaban J connectivity index is -0.000000308. The number of allylic oxidation sites excluding steroid dienone is 2. The molecule has 0 N–H and O–H groups in total. The molecule has 2 aliphatic rings. The van der Waals surface area contributed by atoms with Crippen LogP contribution >= 0.6 is 0 Å². The zero-order valence-corrected chi connectivity index (χ0v) is 15.4. The third-order valence-corrected chi connectivity index (χ3v) is 2.74. The van der Waals surface area contributed by atoms with Crippen LogP contribution in [0.1, 0.15) is 26.7 Å². The zero-order chi connectivity index (χ0) is 15.1. The second-order valence-corrected chi connectivity index (χ2v) is 4.13. The van der Waals surface area contributed by atoms with E-state index in [1.807, 2.05) is 0 Å². The average molecular weight is 398 g/mol. The SMILES string of the molecule is CCC1OC=CC(=O)C1=O.CCC1OC=CC(=O)C1=O.[O-2].[V].[V]. The number of carbonyl (C=O) groups excluding carboxylic acids is 4. The van der Waals surface area contributed by atoms with E-state index in [1.54, 1.807) is 13.8 Å². The number of hydrogen-bond donors (Lipinski definition) is 0. The summed E-state index contributed by atoms with van der Waals surface area (Å²) in [7, 11) is 0. The molecule has 0 saturated carbocycles. The molecule has 23 heavy (non-hydrogen) atoms. The van der Waals surface area contributed by atoms with Crippen molar-refractivity contribution in [3.8, 4) is 0 Å². The number of ether oxygens (including phenoxy) is 2. The molecule has 0 aromatic heterocycles. The molecule has 0 aliphatic carbocycles. The third kappa shape index (κ3) is 7.81. The maximum absolute atomic E-state index is 10.8. The molecule has 2 radical (unpaired) electrons. The summed E-state index contributed by atoms with van der Waals surface area (Å²) >= 11 is 0. The van der Waals surface area contributed by atoms with E-state index < -0.39 is 35.3 Å². The summed E-state index contributed by atoms with van der Waals surface area (Å²) in [4.78, 5) is 43.0. The van der Waals surface area contributed by atoms with Gasteiger partial charge < -0.3 is 14.9 Å². The average Bonchev–Trinajstić information content (AvgIpc) is 2.45. The molecule has 126 valence electrons. The molecular formula is C14H16O7V2-2. The first kappa shape index (κ1) is 26.8. The van der Waals surface area contributed by atoms with Crippen molar-refractivity contribution in [2.75, 3.05) is 0 Å². The van der Waals surface area contributed by atoms with Crippen LogP contribution in [-0.2, 0) is 71.2 Å². The van der Waals surface area contributed by atoms with Crippen LogP contribution in [0.4, 0.5) is 0 Å². The van der Waals surface area contributed by atoms with Crippen molar-refractivity contribution in [2.24, 2.45) is 0 Å². The largest absolute Gasteiger partial charge is 2.00 e. The van der Waals surface area contributed by atoms with Gasteiger partial charge in [-0.3, -0.25) is 19.2 Å². The van der Waals surface area contributed by atoms with Crippen molar-refractivity contribution in [3.05, 3.63) is 24.7 Å². The van der Waals surface area contributed by atoms with Gasteiger partial charge in [0, 0.05) is 49.3 Å². The van der Waals surface area contributed by atoms with Gasteiger partial charge >= 0.3 is 0 Å². The van der Waals surface area contributed by atoms with Crippen molar-refractivity contribution in [1.82, 2.24) is 0 Å². The second kappa shape index (κ2) is 13.3. The van der Waals surface area contributed by atoms with Crippen LogP contribution in [0.15, 0.2) is 24.7 Å². The fourth-order valence-electron chi connectivity index (χ4n) is 1.56. The maximum atomic E-state index is 10.8. The maximum Gasteiger partial charge on any atom is 0.243 e. The van der Waals surface area contributed by atoms with Crippen LogP contribution in [0.5, 0.6) is 0 Å². The number of Topliss-reactive ketones (excluding diaryl/α,β-unsaturated/α-hetero) is 2. The summed E-state index contributed by atoms with van der Waals surface area (Å²) in [6.07, 6.45) is 4.86. The summed E-state index contributed by atoms with van der Waals surface area (Å²) in [5.74, 6) is -1.80. The molecule has 0 aromatic rings. The number of carbonyl (C=O) groups is 4. The third-order valence-electron chi connectivity index (χ3n) is 2.74. The molecule has 0 saturated heterocycles. The van der Waals surface area contributed by atoms with Crippen molar-refractivity contribution in [2.45, 2.75) is 38.9 Å². The van der Waals surface area contributed by atoms with Crippen LogP contribution in [0.25, 0.3) is 0 Å². The standard InChI is InChI=1S/2C7H8O3.O.2V/c2*1-2-6-7(9)5(8)3-4-10-6;;;/h2*3-4,6H,2H2,1H3;;;/q;;-2;;. The Labute approximate surface area is 157 Å². The molecule has 2 rings (SSSR count). The van der Waals surface area contributed by atoms with Crippen LogP contribution in [-0.4, -0.2) is 35.3 Å². The quantitative estimate of drug-likeness (QED) is 0.635. The first-order valence-electron chi connectivity index (χ1n) is 6.31. The smallest absolute Gasteiger partial charge is 0.243 e. The van der Waals surface area contributed by atoms with E-state index in [-0.39, 0.29) is 42.6 Å². The monoisotopic (exact) mass is 398 g/mol. The summed E-state index contributed by atoms with van der Waals surface area (Å²) in [6.45, 7) is 3.60. The fourth-order valence-corrected chi connectivity index (χ4v) is 1.56. The molecule has 7 nitrogen and oxygen atoms in total. The Morgan fingerprint density at radius 3 is 1.30 bits per heavy atom. The van der Waals surface area contributed by atoms with Crippen molar-refractivity contribution in [3.63, 3.8) is 0 Å². The predicted molar refractivity (Wildman–Crippen MR) is 69.3 cm³/mol. The fraction of sp³-hybridized carbons (Fsp3) is 0.429. The van der Waals surface area contributed by atoms with E-state index >= 15 is 0 Å². The number of hydrogen-bond acceptors (Lipinski definition) is 6. The first-order chi connectivity index (χ1) is 9.51. The molecule has 2 unspecified atom stereocenters. The predicted octanol–water partition coefficient (Wildman–Crippen LogP) is 0.770. The minimum atomic E-state index is -0.544. The molecular weight excluding hydrogens is 382 g/mol. The summed E-state index contributed by atoms with van der Waals surface area (Å²) in [6, 6.07) is 0. The van der Waals surface area contributed by atoms with Gasteiger partial charge in [-0.05, 0) is 12.8 Å². The molecule has 9 heteroatoms. The molecule has 0 bridgehead atoms. The van der Waals surface area contributed by atoms with Gasteiger partial charge in [-0.15, -0.1) is 0 Å². The summed E-state index contributed by atoms with van der Waals surface area (Å²) < 4.78 is 9.72. The molecule has 0 aromatic carbocycles. The van der Waals surface area contributed by atoms with E-state index in [0.717, 1.165) is 12.2 Å². The minimum absolute atomic E-state index is 0. The molecule has 2 atom stereocenters. The van der Waals surface area contributed by atoms with E-state index in [0.29, 0.717) is 12.8 Å². The normalized spacial score (nSPS) is 21.5. The van der Waals surface area contributed by atoms with Crippen LogP contribution < -0.4 is 0 Å². The molecule has 2 heterocycles. The molecule has 2 aliphatic heterocycles. The van der Waals surface area contributed by atoms with Gasteiger partial charge in [0.25, 0.3) is 0 Å². The topological polar surface area (TPSA) is 115 Å². The van der Waals surface area contributed by atoms with Crippen LogP contribution in [0.2, 0.25) is 0 Å². The van der Waals surface area contributed by atoms with E-state index in [1.165, 1.54) is 12.5 Å². The van der Waals surface area contributed by atoms with E-state index in [4.69, 9.17) is 9.47 Å². The summed E-state index contributed by atoms with van der Waals surface area (Å²) in [5.41, 5.74) is 0. The first-order valence-corrected chi connectivity index (χ1v) is 6.31. The minimum Gasteiger partial charge on any atom is -2.00 e. The second-order valence-electron chi connectivity index (χ2n) is 4.13. The van der Waals surface area contributed by atoms with Crippen LogP contribution in [0.3, 0.4) is 0 Å². The van der Waals surface area contributed by atoms with Crippen molar-refractivity contribution in [1.29, 1.82) is 0 Å². The van der Waals surface area contributed by atoms with E-state index in [9.17, 15) is 19.2 Å². The number of ketones is 4. The van der Waals surface area contributed by atoms with Crippen molar-refractivity contribution >= 4 is 23.1 Å². The van der Waals surface area contributed by atoms with Gasteiger partial charge in [-0.1, -0.05) is 13.8 Å². The van der Waals surface area contributed by atoms with Gasteiger partial charge in [0.2, 0.25) is 23.1 Å². The van der Waals surface area contributed by atoms with Gasteiger partial charge in [-0.25, -0.2) is 0 Å². The van der Waals surface area contributed by atoms with Gasteiger partial charge in [0.1, 0.15) is 0 Å². The number of rotatable bonds is 2. The van der Waals surface area contributed by atoms with Crippen LogP contribution in [0, 0.1) is 0 Å². The summed E-state index contributed by atoms with van der Waals surface area (Å²) in [5, 5.41) is 0. The van der Waals surface area contributed by atoms with E-state index in [2.05, 4.69) is 0 Å². The zero-order valence-electron chi connectivity index (χ0n) is 12.6. The Bertz CT molecular complexity index is 442. The van der Waals surface area contributed by atoms with Crippen molar-refractivity contribution < 1.29 is 71.2 Å². The Kier molecular flexibility index (Phi) is 15.5. The Hall–Kier alpha value is -1.11. The Morgan fingerprint density at radius 2 is 1.09 bits per heavy atom. The molecule has 0 spiro atoms. The van der Waals surface area contributed by atoms with Gasteiger partial charge in [0.05, 0.1) is 12.5 Å². The molecule has 0 amide bonds. The van der Waals surface area contributed by atoms with Gasteiger partial charge in [-0.2, -0.15) is 0 Å². The molecule has 0 fully saturated rings. The Morgan fingerprint density at radius 1 is 0.783 bits per heavy atom. The van der Waals surface area contributed by atoms with Gasteiger partial charge in [0.15, 0.2) is 12.2 Å².